The quantitative estimate of drug-likeness (QED) is 0.740. The van der Waals surface area contributed by atoms with Gasteiger partial charge in [0.05, 0.1) is 23.6 Å². The monoisotopic (exact) mass is 386 g/mol. The minimum absolute atomic E-state index is 0.0120. The predicted octanol–water partition coefficient (Wildman–Crippen LogP) is 2.52. The van der Waals surface area contributed by atoms with Crippen LogP contribution in [0.1, 0.15) is 35.6 Å². The highest BCUT2D eigenvalue weighted by Gasteiger charge is 2.51. The van der Waals surface area contributed by atoms with E-state index in [1.807, 2.05) is 23.1 Å². The van der Waals surface area contributed by atoms with E-state index in [0.717, 1.165) is 16.7 Å². The number of rotatable bonds is 2. The second kappa shape index (κ2) is 6.82. The van der Waals surface area contributed by atoms with Gasteiger partial charge < -0.3 is 20.8 Å². The van der Waals surface area contributed by atoms with E-state index in [1.165, 1.54) is 6.07 Å². The molecule has 142 valence electrons. The Morgan fingerprint density at radius 3 is 2.63 bits per heavy atom. The molecule has 2 aromatic carbocycles. The number of phenolic OH excluding ortho intramolecular Hbond substituents is 1. The van der Waals surface area contributed by atoms with Crippen LogP contribution >= 0.6 is 11.6 Å². The lowest BCUT2D eigenvalue weighted by Gasteiger charge is -2.42. The smallest absolute Gasteiger partial charge is 0.226 e. The van der Waals surface area contributed by atoms with Gasteiger partial charge in [-0.1, -0.05) is 41.9 Å². The Balaban J connectivity index is 1.47. The molecular formula is C21H23ClN2O3. The van der Waals surface area contributed by atoms with E-state index in [0.29, 0.717) is 25.9 Å². The normalized spacial score (nSPS) is 23.4. The average molecular weight is 387 g/mol. The van der Waals surface area contributed by atoms with Gasteiger partial charge >= 0.3 is 0 Å². The van der Waals surface area contributed by atoms with E-state index in [9.17, 15) is 15.0 Å². The molecule has 1 fully saturated rings. The summed E-state index contributed by atoms with van der Waals surface area (Å²) in [7, 11) is 0. The fraction of sp³-hybridized carbons (Fsp3) is 0.381. The van der Waals surface area contributed by atoms with Crippen molar-refractivity contribution >= 4 is 17.5 Å². The Kier molecular flexibility index (Phi) is 4.62. The summed E-state index contributed by atoms with van der Waals surface area (Å²) in [5, 5.41) is 20.6. The Morgan fingerprint density at radius 2 is 1.93 bits per heavy atom. The fourth-order valence-corrected chi connectivity index (χ4v) is 4.78. The molecule has 0 bridgehead atoms. The van der Waals surface area contributed by atoms with E-state index in [1.54, 1.807) is 12.1 Å². The zero-order valence-corrected chi connectivity index (χ0v) is 15.7. The van der Waals surface area contributed by atoms with Crippen LogP contribution < -0.4 is 5.73 Å². The Labute approximate surface area is 163 Å². The number of nitrogens with two attached hydrogens (primary N) is 1. The number of aromatic hydroxyl groups is 1. The molecule has 2 aromatic rings. The summed E-state index contributed by atoms with van der Waals surface area (Å²) >= 11 is 5.93. The maximum absolute atomic E-state index is 12.7. The van der Waals surface area contributed by atoms with E-state index >= 15 is 0 Å². The van der Waals surface area contributed by atoms with Crippen molar-refractivity contribution in [3.05, 3.63) is 64.2 Å². The van der Waals surface area contributed by atoms with Crippen LogP contribution in [0.3, 0.4) is 0 Å². The molecule has 5 nitrogen and oxygen atoms in total. The van der Waals surface area contributed by atoms with E-state index in [4.69, 9.17) is 17.3 Å². The van der Waals surface area contributed by atoms with Gasteiger partial charge in [0, 0.05) is 18.5 Å². The summed E-state index contributed by atoms with van der Waals surface area (Å²) in [6.45, 7) is 1.17. The molecular weight excluding hydrogens is 364 g/mol. The lowest BCUT2D eigenvalue weighted by atomic mass is 9.72. The second-order valence-electron chi connectivity index (χ2n) is 7.56. The topological polar surface area (TPSA) is 86.8 Å². The number of hydrogen-bond donors (Lipinski definition) is 3. The number of benzene rings is 2. The fourth-order valence-electron chi connectivity index (χ4n) is 4.58. The first-order valence-corrected chi connectivity index (χ1v) is 9.58. The van der Waals surface area contributed by atoms with E-state index in [-0.39, 0.29) is 34.6 Å². The number of aliphatic hydroxyl groups is 1. The van der Waals surface area contributed by atoms with Crippen molar-refractivity contribution in [2.75, 3.05) is 13.1 Å². The Morgan fingerprint density at radius 1 is 1.22 bits per heavy atom. The highest BCUT2D eigenvalue weighted by Crippen LogP contribution is 2.50. The molecule has 1 amide bonds. The first kappa shape index (κ1) is 18.3. The van der Waals surface area contributed by atoms with Crippen molar-refractivity contribution in [3.8, 4) is 5.75 Å². The first-order chi connectivity index (χ1) is 12.9. The maximum atomic E-state index is 12.7. The van der Waals surface area contributed by atoms with Crippen LogP contribution in [0.5, 0.6) is 5.75 Å². The molecule has 2 atom stereocenters. The molecule has 1 heterocycles. The number of halogens is 1. The molecule has 27 heavy (non-hydrogen) atoms. The van der Waals surface area contributed by atoms with Gasteiger partial charge in [-0.25, -0.2) is 0 Å². The minimum atomic E-state index is -0.622. The van der Waals surface area contributed by atoms with Gasteiger partial charge in [-0.3, -0.25) is 4.79 Å². The molecule has 1 aliphatic carbocycles. The number of nitrogens with zero attached hydrogens (tertiary/aromatic N) is 1. The number of piperidine rings is 1. The molecule has 0 aromatic heterocycles. The zero-order valence-electron chi connectivity index (χ0n) is 14.9. The van der Waals surface area contributed by atoms with Gasteiger partial charge in [-0.15, -0.1) is 0 Å². The highest BCUT2D eigenvalue weighted by molar-refractivity contribution is 6.32. The number of hydrogen-bond acceptors (Lipinski definition) is 4. The number of phenols is 1. The molecule has 4 rings (SSSR count). The standard InChI is InChI=1S/C21H23ClN2O3/c22-16-11-13(5-6-17(16)25)12-18(26)24-9-7-21(8-10-24)15-4-2-1-3-14(15)19(23)20(21)27/h1-6,11,19-20,25,27H,7-10,12,23H2/t19-,20+/m0/s1. The molecule has 4 N–H and O–H groups in total. The van der Waals surface area contributed by atoms with Crippen LogP contribution in [0.25, 0.3) is 0 Å². The second-order valence-corrected chi connectivity index (χ2v) is 7.96. The number of fused-ring (bicyclic) bond motifs is 2. The summed E-state index contributed by atoms with van der Waals surface area (Å²) < 4.78 is 0. The third kappa shape index (κ3) is 3.00. The minimum Gasteiger partial charge on any atom is -0.506 e. The van der Waals surface area contributed by atoms with Crippen molar-refractivity contribution in [1.82, 2.24) is 4.90 Å². The molecule has 0 unspecified atom stereocenters. The Bertz CT molecular complexity index is 877. The summed E-state index contributed by atoms with van der Waals surface area (Å²) in [6.07, 6.45) is 1.01. The lowest BCUT2D eigenvalue weighted by molar-refractivity contribution is -0.132. The van der Waals surface area contributed by atoms with Gasteiger partial charge in [0.1, 0.15) is 5.75 Å². The van der Waals surface area contributed by atoms with Crippen molar-refractivity contribution in [3.63, 3.8) is 0 Å². The van der Waals surface area contributed by atoms with Crippen molar-refractivity contribution in [2.45, 2.75) is 36.8 Å². The van der Waals surface area contributed by atoms with Crippen molar-refractivity contribution in [1.29, 1.82) is 0 Å². The van der Waals surface area contributed by atoms with Crippen LogP contribution in [-0.4, -0.2) is 40.2 Å². The molecule has 6 heteroatoms. The van der Waals surface area contributed by atoms with Crippen LogP contribution in [0.4, 0.5) is 0 Å². The van der Waals surface area contributed by atoms with Gasteiger partial charge in [-0.05, 0) is 41.7 Å². The molecule has 0 saturated carbocycles. The number of amides is 1. The predicted molar refractivity (Wildman–Crippen MR) is 104 cm³/mol. The zero-order chi connectivity index (χ0) is 19.2. The molecule has 0 radical (unpaired) electrons. The summed E-state index contributed by atoms with van der Waals surface area (Å²) in [6, 6.07) is 12.4. The lowest BCUT2D eigenvalue weighted by Crippen LogP contribution is -2.50. The van der Waals surface area contributed by atoms with Crippen molar-refractivity contribution < 1.29 is 15.0 Å². The van der Waals surface area contributed by atoms with Crippen LogP contribution in [0.15, 0.2) is 42.5 Å². The van der Waals surface area contributed by atoms with Crippen molar-refractivity contribution in [2.24, 2.45) is 5.73 Å². The number of likely N-dealkylation sites (tertiary alicyclic amines) is 1. The van der Waals surface area contributed by atoms with E-state index in [2.05, 4.69) is 6.07 Å². The van der Waals surface area contributed by atoms with Gasteiger partial charge in [0.15, 0.2) is 0 Å². The third-order valence-electron chi connectivity index (χ3n) is 6.14. The summed E-state index contributed by atoms with van der Waals surface area (Å²) in [5.74, 6) is 0.0367. The number of carbonyl (C=O) groups excluding carboxylic acids is 1. The van der Waals surface area contributed by atoms with Crippen LogP contribution in [-0.2, 0) is 16.6 Å². The van der Waals surface area contributed by atoms with Crippen LogP contribution in [0, 0.1) is 0 Å². The summed E-state index contributed by atoms with van der Waals surface area (Å²) in [5.41, 5.74) is 8.81. The molecule has 2 aliphatic rings. The van der Waals surface area contributed by atoms with E-state index < -0.39 is 6.10 Å². The van der Waals surface area contributed by atoms with Crippen LogP contribution in [0.2, 0.25) is 5.02 Å². The highest BCUT2D eigenvalue weighted by atomic mass is 35.5. The SMILES string of the molecule is N[C@H]1c2ccccc2C2(CCN(C(=O)Cc3ccc(O)c(Cl)c3)CC2)[C@@H]1O. The maximum Gasteiger partial charge on any atom is 0.226 e. The Hall–Kier alpha value is -2.08. The average Bonchev–Trinajstić information content (AvgIpc) is 2.88. The van der Waals surface area contributed by atoms with Gasteiger partial charge in [0.25, 0.3) is 0 Å². The number of aliphatic hydroxyl groups excluding tert-OH is 1. The molecule has 1 aliphatic heterocycles. The number of carbonyl (C=O) groups is 1. The summed E-state index contributed by atoms with van der Waals surface area (Å²) in [4.78, 5) is 14.5. The van der Waals surface area contributed by atoms with Gasteiger partial charge in [0.2, 0.25) is 5.91 Å². The van der Waals surface area contributed by atoms with Gasteiger partial charge in [-0.2, -0.15) is 0 Å². The largest absolute Gasteiger partial charge is 0.506 e. The first-order valence-electron chi connectivity index (χ1n) is 9.20. The third-order valence-corrected chi connectivity index (χ3v) is 6.44. The molecule has 1 saturated heterocycles. The molecule has 1 spiro atoms.